The molecular formula is C25H33NO. The number of aliphatic hydroxyl groups is 1. The van der Waals surface area contributed by atoms with Gasteiger partial charge in [-0.15, -0.1) is 0 Å². The van der Waals surface area contributed by atoms with Crippen LogP contribution in [-0.4, -0.2) is 29.6 Å². The minimum atomic E-state index is -0.804. The molecule has 3 fully saturated rings. The Bertz CT molecular complexity index is 753. The van der Waals surface area contributed by atoms with Crippen LogP contribution in [0.4, 0.5) is 0 Å². The lowest BCUT2D eigenvalue weighted by Crippen LogP contribution is -2.55. The lowest BCUT2D eigenvalue weighted by Gasteiger charge is -2.51. The largest absolute Gasteiger partial charge is 0.384 e. The summed E-state index contributed by atoms with van der Waals surface area (Å²) in [7, 11) is 0. The maximum atomic E-state index is 12.1. The molecule has 2 bridgehead atoms. The normalized spacial score (nSPS) is 27.3. The van der Waals surface area contributed by atoms with Crippen molar-refractivity contribution in [2.75, 3.05) is 19.6 Å². The first kappa shape index (κ1) is 18.7. The first-order chi connectivity index (χ1) is 12.9. The van der Waals surface area contributed by atoms with Gasteiger partial charge in [0.05, 0.1) is 5.60 Å². The summed E-state index contributed by atoms with van der Waals surface area (Å²) < 4.78 is 0. The average Bonchev–Trinajstić information content (AvgIpc) is 2.69. The molecule has 0 aromatic heterocycles. The highest BCUT2D eigenvalue weighted by Crippen LogP contribution is 2.45. The van der Waals surface area contributed by atoms with Gasteiger partial charge in [-0.1, -0.05) is 75.4 Å². The third-order valence-corrected chi connectivity index (χ3v) is 6.84. The van der Waals surface area contributed by atoms with Crippen LogP contribution in [0.5, 0.6) is 0 Å². The Kier molecular flexibility index (Phi) is 4.90. The molecule has 0 radical (unpaired) electrons. The number of piperidine rings is 3. The molecule has 3 heterocycles. The van der Waals surface area contributed by atoms with E-state index in [1.54, 1.807) is 0 Å². The summed E-state index contributed by atoms with van der Waals surface area (Å²) in [6.45, 7) is 10.1. The van der Waals surface area contributed by atoms with Crippen LogP contribution in [0.2, 0.25) is 0 Å². The van der Waals surface area contributed by atoms with Gasteiger partial charge in [-0.3, -0.25) is 0 Å². The van der Waals surface area contributed by atoms with Crippen molar-refractivity contribution >= 4 is 0 Å². The third-order valence-electron chi connectivity index (χ3n) is 6.84. The van der Waals surface area contributed by atoms with E-state index in [0.717, 1.165) is 12.1 Å². The Morgan fingerprint density at radius 2 is 1.48 bits per heavy atom. The standard InChI is InChI=1S/C25H33NO/c1-24(2,3)21-9-11-22(12-10-21)25(27,17-19-7-5-4-6-8-19)23-18-26-15-13-20(23)14-16-26/h4-12,20,23,27H,13-18H2,1-3H3. The van der Waals surface area contributed by atoms with Gasteiger partial charge < -0.3 is 10.0 Å². The molecule has 3 aliphatic heterocycles. The van der Waals surface area contributed by atoms with E-state index >= 15 is 0 Å². The monoisotopic (exact) mass is 363 g/mol. The zero-order valence-electron chi connectivity index (χ0n) is 17.0. The van der Waals surface area contributed by atoms with Crippen LogP contribution in [-0.2, 0) is 17.4 Å². The van der Waals surface area contributed by atoms with Crippen LogP contribution in [0.3, 0.4) is 0 Å². The third kappa shape index (κ3) is 3.70. The van der Waals surface area contributed by atoms with Crippen LogP contribution in [0.1, 0.15) is 50.3 Å². The van der Waals surface area contributed by atoms with E-state index in [2.05, 4.69) is 80.3 Å². The highest BCUT2D eigenvalue weighted by Gasteiger charge is 2.47. The zero-order valence-corrected chi connectivity index (χ0v) is 17.0. The first-order valence-corrected chi connectivity index (χ1v) is 10.5. The molecular weight excluding hydrogens is 330 g/mol. The molecule has 3 saturated heterocycles. The maximum absolute atomic E-state index is 12.1. The molecule has 144 valence electrons. The Morgan fingerprint density at radius 1 is 0.889 bits per heavy atom. The molecule has 0 spiro atoms. The molecule has 3 aliphatic rings. The fourth-order valence-corrected chi connectivity index (χ4v) is 5.12. The minimum absolute atomic E-state index is 0.131. The van der Waals surface area contributed by atoms with Gasteiger partial charge in [0, 0.05) is 18.9 Å². The van der Waals surface area contributed by atoms with Crippen molar-refractivity contribution in [3.8, 4) is 0 Å². The summed E-state index contributed by atoms with van der Waals surface area (Å²) in [5, 5.41) is 12.1. The van der Waals surface area contributed by atoms with E-state index in [9.17, 15) is 5.11 Å². The molecule has 2 atom stereocenters. The van der Waals surface area contributed by atoms with Gasteiger partial charge in [0.15, 0.2) is 0 Å². The fourth-order valence-electron chi connectivity index (χ4n) is 5.12. The van der Waals surface area contributed by atoms with Crippen molar-refractivity contribution in [2.24, 2.45) is 11.8 Å². The molecule has 1 N–H and O–H groups in total. The Balaban J connectivity index is 1.71. The number of hydrogen-bond acceptors (Lipinski definition) is 2. The fraction of sp³-hybridized carbons (Fsp3) is 0.520. The van der Waals surface area contributed by atoms with E-state index < -0.39 is 5.60 Å². The molecule has 2 unspecified atom stereocenters. The smallest absolute Gasteiger partial charge is 0.0979 e. The Hall–Kier alpha value is -1.64. The summed E-state index contributed by atoms with van der Waals surface area (Å²) in [4.78, 5) is 2.55. The van der Waals surface area contributed by atoms with E-state index in [1.807, 2.05) is 0 Å². The predicted molar refractivity (Wildman–Crippen MR) is 112 cm³/mol. The second-order valence-electron chi connectivity index (χ2n) is 9.66. The number of benzene rings is 2. The first-order valence-electron chi connectivity index (χ1n) is 10.5. The number of rotatable bonds is 4. The molecule has 2 heteroatoms. The number of hydrogen-bond donors (Lipinski definition) is 1. The van der Waals surface area contributed by atoms with Crippen molar-refractivity contribution < 1.29 is 5.11 Å². The lowest BCUT2D eigenvalue weighted by molar-refractivity contribution is -0.101. The number of fused-ring (bicyclic) bond motifs is 3. The molecule has 2 aromatic carbocycles. The molecule has 0 aliphatic carbocycles. The molecule has 0 saturated carbocycles. The van der Waals surface area contributed by atoms with Crippen LogP contribution in [0.25, 0.3) is 0 Å². The Morgan fingerprint density at radius 3 is 2.00 bits per heavy atom. The van der Waals surface area contributed by atoms with Crippen molar-refractivity contribution in [2.45, 2.75) is 51.0 Å². The average molecular weight is 364 g/mol. The minimum Gasteiger partial charge on any atom is -0.384 e. The highest BCUT2D eigenvalue weighted by molar-refractivity contribution is 5.34. The second-order valence-corrected chi connectivity index (χ2v) is 9.66. The lowest BCUT2D eigenvalue weighted by atomic mass is 9.65. The van der Waals surface area contributed by atoms with Crippen molar-refractivity contribution in [3.63, 3.8) is 0 Å². The van der Waals surface area contributed by atoms with E-state index in [1.165, 1.54) is 37.1 Å². The topological polar surface area (TPSA) is 23.5 Å². The summed E-state index contributed by atoms with van der Waals surface area (Å²) in [5.74, 6) is 0.937. The van der Waals surface area contributed by atoms with Crippen LogP contribution in [0.15, 0.2) is 54.6 Å². The van der Waals surface area contributed by atoms with Crippen molar-refractivity contribution in [1.29, 1.82) is 0 Å². The van der Waals surface area contributed by atoms with Gasteiger partial charge in [0.25, 0.3) is 0 Å². The van der Waals surface area contributed by atoms with Gasteiger partial charge in [0.2, 0.25) is 0 Å². The molecule has 2 aromatic rings. The number of nitrogens with zero attached hydrogens (tertiary/aromatic N) is 1. The quantitative estimate of drug-likeness (QED) is 0.847. The summed E-state index contributed by atoms with van der Waals surface area (Å²) in [6.07, 6.45) is 3.14. The second kappa shape index (κ2) is 7.07. The Labute approximate surface area is 164 Å². The van der Waals surface area contributed by atoms with E-state index in [0.29, 0.717) is 18.3 Å². The van der Waals surface area contributed by atoms with Crippen molar-refractivity contribution in [1.82, 2.24) is 4.90 Å². The van der Waals surface area contributed by atoms with E-state index in [4.69, 9.17) is 0 Å². The molecule has 0 amide bonds. The summed E-state index contributed by atoms with van der Waals surface area (Å²) in [6, 6.07) is 19.3. The summed E-state index contributed by atoms with van der Waals surface area (Å²) >= 11 is 0. The highest BCUT2D eigenvalue weighted by atomic mass is 16.3. The molecule has 27 heavy (non-hydrogen) atoms. The van der Waals surface area contributed by atoms with Gasteiger partial charge >= 0.3 is 0 Å². The van der Waals surface area contributed by atoms with Gasteiger partial charge in [-0.05, 0) is 54.0 Å². The van der Waals surface area contributed by atoms with Gasteiger partial charge in [0.1, 0.15) is 0 Å². The summed E-state index contributed by atoms with van der Waals surface area (Å²) in [5.41, 5.74) is 2.95. The SMILES string of the molecule is CC(C)(C)c1ccc(C(O)(Cc2ccccc2)C2CN3CCC2CC3)cc1. The predicted octanol–water partition coefficient (Wildman–Crippen LogP) is 4.76. The van der Waals surface area contributed by atoms with Gasteiger partial charge in [-0.2, -0.15) is 0 Å². The van der Waals surface area contributed by atoms with Crippen LogP contribution < -0.4 is 0 Å². The molecule has 2 nitrogen and oxygen atoms in total. The molecule has 5 rings (SSSR count). The van der Waals surface area contributed by atoms with Gasteiger partial charge in [-0.25, -0.2) is 0 Å². The maximum Gasteiger partial charge on any atom is 0.0979 e. The van der Waals surface area contributed by atoms with Crippen LogP contribution >= 0.6 is 0 Å². The van der Waals surface area contributed by atoms with Crippen LogP contribution in [0, 0.1) is 11.8 Å². The van der Waals surface area contributed by atoms with E-state index in [-0.39, 0.29) is 5.41 Å². The van der Waals surface area contributed by atoms with Crippen molar-refractivity contribution in [3.05, 3.63) is 71.3 Å². The zero-order chi connectivity index (χ0) is 19.1.